The van der Waals surface area contributed by atoms with Crippen molar-refractivity contribution >= 4 is 17.9 Å². The van der Waals surface area contributed by atoms with Crippen molar-refractivity contribution in [1.29, 1.82) is 0 Å². The van der Waals surface area contributed by atoms with E-state index in [9.17, 15) is 14.4 Å². The van der Waals surface area contributed by atoms with Gasteiger partial charge < -0.3 is 14.2 Å². The molecule has 0 rings (SSSR count). The van der Waals surface area contributed by atoms with Crippen LogP contribution >= 0.6 is 0 Å². The van der Waals surface area contributed by atoms with Crippen LogP contribution in [0, 0.1) is 0 Å². The fraction of sp³-hybridized carbons (Fsp3) is 0.907. The van der Waals surface area contributed by atoms with Crippen LogP contribution < -0.4 is 0 Å². The Morgan fingerprint density at radius 2 is 0.444 bits per heavy atom. The Balaban J connectivity index is 4.02. The number of hydrogen-bond acceptors (Lipinski definition) is 6. The fourth-order valence-electron chi connectivity index (χ4n) is 11.4. The van der Waals surface area contributed by atoms with Crippen molar-refractivity contribution in [2.75, 3.05) is 13.2 Å². The summed E-state index contributed by atoms with van der Waals surface area (Å²) in [6.07, 6.45) is 86.6. The maximum absolute atomic E-state index is 12.9. The summed E-state index contributed by atoms with van der Waals surface area (Å²) in [5.74, 6) is -0.828. The van der Waals surface area contributed by atoms with Gasteiger partial charge in [-0.1, -0.05) is 373 Å². The maximum atomic E-state index is 12.9. The third-order valence-electron chi connectivity index (χ3n) is 17.0. The standard InChI is InChI=1S/C75H142O6/c1-4-7-10-13-16-19-22-25-27-29-30-31-32-33-34-35-36-37-38-39-40-41-42-43-44-45-46-47-49-50-53-56-59-62-65-68-74(77)80-71-72(70-79-73(76)67-64-61-58-55-52-24-21-18-15-12-9-6-3)81-75(78)69-66-63-60-57-54-51-48-28-26-23-20-17-14-11-8-5-2/h22,25,29-30,72H,4-21,23-24,26-28,31-71H2,1-3H3/b25-22-,30-29-. The van der Waals surface area contributed by atoms with Crippen molar-refractivity contribution in [2.24, 2.45) is 0 Å². The summed E-state index contributed by atoms with van der Waals surface area (Å²) in [5, 5.41) is 0. The summed E-state index contributed by atoms with van der Waals surface area (Å²) in [6, 6.07) is 0. The topological polar surface area (TPSA) is 78.9 Å². The smallest absolute Gasteiger partial charge is 0.306 e. The molecule has 0 N–H and O–H groups in total. The number of hydrogen-bond donors (Lipinski definition) is 0. The number of ether oxygens (including phenoxy) is 3. The first-order chi connectivity index (χ1) is 40.0. The van der Waals surface area contributed by atoms with Crippen LogP contribution in [0.3, 0.4) is 0 Å². The minimum absolute atomic E-state index is 0.0625. The van der Waals surface area contributed by atoms with Crippen molar-refractivity contribution in [3.8, 4) is 0 Å². The van der Waals surface area contributed by atoms with E-state index in [0.717, 1.165) is 64.2 Å². The lowest BCUT2D eigenvalue weighted by Crippen LogP contribution is -2.30. The summed E-state index contributed by atoms with van der Waals surface area (Å²) in [7, 11) is 0. The minimum Gasteiger partial charge on any atom is -0.462 e. The lowest BCUT2D eigenvalue weighted by atomic mass is 10.0. The van der Waals surface area contributed by atoms with Gasteiger partial charge in [-0.25, -0.2) is 0 Å². The van der Waals surface area contributed by atoms with Crippen molar-refractivity contribution in [1.82, 2.24) is 0 Å². The summed E-state index contributed by atoms with van der Waals surface area (Å²) >= 11 is 0. The van der Waals surface area contributed by atoms with Gasteiger partial charge in [0.05, 0.1) is 0 Å². The van der Waals surface area contributed by atoms with Crippen LogP contribution in [0.15, 0.2) is 24.3 Å². The lowest BCUT2D eigenvalue weighted by molar-refractivity contribution is -0.167. The zero-order valence-corrected chi connectivity index (χ0v) is 55.1. The molecule has 0 bridgehead atoms. The number of carbonyl (C=O) groups excluding carboxylic acids is 3. The van der Waals surface area contributed by atoms with Gasteiger partial charge in [-0.3, -0.25) is 14.4 Å². The van der Waals surface area contributed by atoms with Crippen LogP contribution in [0.2, 0.25) is 0 Å². The van der Waals surface area contributed by atoms with Gasteiger partial charge in [0.15, 0.2) is 6.10 Å². The molecule has 1 atom stereocenters. The van der Waals surface area contributed by atoms with Crippen LogP contribution in [0.1, 0.15) is 419 Å². The van der Waals surface area contributed by atoms with E-state index in [4.69, 9.17) is 14.2 Å². The van der Waals surface area contributed by atoms with E-state index in [1.165, 1.54) is 315 Å². The Hall–Kier alpha value is -2.11. The average molecular weight is 1140 g/mol. The van der Waals surface area contributed by atoms with Gasteiger partial charge in [0.2, 0.25) is 0 Å². The van der Waals surface area contributed by atoms with Crippen LogP contribution in [0.5, 0.6) is 0 Å². The van der Waals surface area contributed by atoms with E-state index >= 15 is 0 Å². The molecular weight excluding hydrogens is 997 g/mol. The first-order valence-corrected chi connectivity index (χ1v) is 36.8. The lowest BCUT2D eigenvalue weighted by Gasteiger charge is -2.18. The number of rotatable bonds is 69. The molecule has 478 valence electrons. The Bertz CT molecular complexity index is 1310. The highest BCUT2D eigenvalue weighted by Gasteiger charge is 2.20. The Morgan fingerprint density at radius 1 is 0.247 bits per heavy atom. The van der Waals surface area contributed by atoms with E-state index in [-0.39, 0.29) is 31.1 Å². The normalized spacial score (nSPS) is 12.1. The molecule has 6 nitrogen and oxygen atoms in total. The quantitative estimate of drug-likeness (QED) is 0.0261. The number of allylic oxidation sites excluding steroid dienone is 4. The molecule has 0 saturated carbocycles. The molecule has 0 aliphatic heterocycles. The van der Waals surface area contributed by atoms with Crippen molar-refractivity contribution < 1.29 is 28.6 Å². The van der Waals surface area contributed by atoms with Crippen LogP contribution in [0.4, 0.5) is 0 Å². The van der Waals surface area contributed by atoms with E-state index in [1.54, 1.807) is 0 Å². The zero-order valence-electron chi connectivity index (χ0n) is 55.1. The van der Waals surface area contributed by atoms with Crippen molar-refractivity contribution in [3.05, 3.63) is 24.3 Å². The summed E-state index contributed by atoms with van der Waals surface area (Å²) < 4.78 is 17.0. The molecule has 0 heterocycles. The third kappa shape index (κ3) is 68.6. The first kappa shape index (κ1) is 78.9. The second kappa shape index (κ2) is 70.4. The zero-order chi connectivity index (χ0) is 58.5. The number of unbranched alkanes of at least 4 members (excludes halogenated alkanes) is 54. The monoisotopic (exact) mass is 1140 g/mol. The molecule has 0 saturated heterocycles. The van der Waals surface area contributed by atoms with E-state index in [1.807, 2.05) is 0 Å². The second-order valence-electron chi connectivity index (χ2n) is 25.2. The van der Waals surface area contributed by atoms with Crippen LogP contribution in [-0.4, -0.2) is 37.2 Å². The highest BCUT2D eigenvalue weighted by molar-refractivity contribution is 5.71. The molecule has 0 aromatic rings. The predicted octanol–water partition coefficient (Wildman–Crippen LogP) is 25.3. The summed E-state index contributed by atoms with van der Waals surface area (Å²) in [5.41, 5.74) is 0. The third-order valence-corrected chi connectivity index (χ3v) is 17.0. The van der Waals surface area contributed by atoms with Crippen molar-refractivity contribution in [2.45, 2.75) is 425 Å². The van der Waals surface area contributed by atoms with Gasteiger partial charge in [-0.15, -0.1) is 0 Å². The van der Waals surface area contributed by atoms with Crippen LogP contribution in [-0.2, 0) is 28.6 Å². The highest BCUT2D eigenvalue weighted by Crippen LogP contribution is 2.19. The fourth-order valence-corrected chi connectivity index (χ4v) is 11.4. The molecule has 0 aliphatic rings. The molecule has 6 heteroatoms. The van der Waals surface area contributed by atoms with E-state index < -0.39 is 6.10 Å². The molecule has 0 spiro atoms. The van der Waals surface area contributed by atoms with E-state index in [0.29, 0.717) is 19.3 Å². The van der Waals surface area contributed by atoms with Gasteiger partial charge in [-0.2, -0.15) is 0 Å². The molecule has 0 aromatic carbocycles. The molecule has 1 unspecified atom stereocenters. The molecule has 0 aliphatic carbocycles. The number of carbonyl (C=O) groups is 3. The van der Waals surface area contributed by atoms with Crippen LogP contribution in [0.25, 0.3) is 0 Å². The maximum Gasteiger partial charge on any atom is 0.306 e. The predicted molar refractivity (Wildman–Crippen MR) is 353 cm³/mol. The molecule has 0 aromatic heterocycles. The largest absolute Gasteiger partial charge is 0.462 e. The Labute approximate surface area is 506 Å². The summed E-state index contributed by atoms with van der Waals surface area (Å²) in [4.78, 5) is 38.3. The van der Waals surface area contributed by atoms with Gasteiger partial charge in [0, 0.05) is 19.3 Å². The highest BCUT2D eigenvalue weighted by atomic mass is 16.6. The van der Waals surface area contributed by atoms with Crippen molar-refractivity contribution in [3.63, 3.8) is 0 Å². The second-order valence-corrected chi connectivity index (χ2v) is 25.2. The first-order valence-electron chi connectivity index (χ1n) is 36.8. The Kier molecular flexibility index (Phi) is 68.5. The minimum atomic E-state index is -0.765. The Morgan fingerprint density at radius 3 is 0.679 bits per heavy atom. The summed E-state index contributed by atoms with van der Waals surface area (Å²) in [6.45, 7) is 6.71. The molecule has 0 fully saturated rings. The number of esters is 3. The molecule has 0 radical (unpaired) electrons. The van der Waals surface area contributed by atoms with Gasteiger partial charge in [0.1, 0.15) is 13.2 Å². The molecular formula is C75H142O6. The molecule has 81 heavy (non-hydrogen) atoms. The van der Waals surface area contributed by atoms with Gasteiger partial charge in [0.25, 0.3) is 0 Å². The van der Waals surface area contributed by atoms with Gasteiger partial charge in [-0.05, 0) is 51.4 Å². The molecule has 0 amide bonds. The SMILES string of the molecule is CCCCCCC/C=C\C/C=C\CCCCCCCCCCCCCCCCCCCCCCCCCC(=O)OCC(COC(=O)CCCCCCCCCCCCCC)OC(=O)CCCCCCCCCCCCCCCCCC. The van der Waals surface area contributed by atoms with E-state index in [2.05, 4.69) is 45.1 Å². The average Bonchev–Trinajstić information content (AvgIpc) is 3.47. The van der Waals surface area contributed by atoms with Gasteiger partial charge >= 0.3 is 17.9 Å².